The Balaban J connectivity index is 1.87. The summed E-state index contributed by atoms with van der Waals surface area (Å²) in [5.74, 6) is 1.54. The van der Waals surface area contributed by atoms with E-state index in [1.807, 2.05) is 40.1 Å². The van der Waals surface area contributed by atoms with Crippen LogP contribution in [0, 0.1) is 17.8 Å². The lowest BCUT2D eigenvalue weighted by molar-refractivity contribution is -0.120. The molecule has 2 aliphatic carbocycles. The highest BCUT2D eigenvalue weighted by Crippen LogP contribution is 2.37. The predicted molar refractivity (Wildman–Crippen MR) is 127 cm³/mol. The molecule has 0 aliphatic heterocycles. The monoisotopic (exact) mass is 427 g/mol. The van der Waals surface area contributed by atoms with Crippen LogP contribution >= 0.6 is 0 Å². The second-order valence-corrected chi connectivity index (χ2v) is 9.97. The molecule has 0 bridgehead atoms. The van der Waals surface area contributed by atoms with Gasteiger partial charge in [0, 0.05) is 24.8 Å². The molecule has 5 heteroatoms. The summed E-state index contributed by atoms with van der Waals surface area (Å²) < 4.78 is 0. The molecule has 5 nitrogen and oxygen atoms in total. The smallest absolute Gasteiger partial charge is 0.317 e. The summed E-state index contributed by atoms with van der Waals surface area (Å²) >= 11 is 0. The van der Waals surface area contributed by atoms with Crippen LogP contribution in [0.15, 0.2) is 30.3 Å². The molecule has 3 rings (SSSR count). The zero-order valence-electron chi connectivity index (χ0n) is 19.8. The number of carbonyl (C=O) groups is 2. The van der Waals surface area contributed by atoms with Gasteiger partial charge in [-0.1, -0.05) is 64.7 Å². The number of rotatable bonds is 6. The van der Waals surface area contributed by atoms with Gasteiger partial charge < -0.3 is 15.1 Å². The van der Waals surface area contributed by atoms with Crippen LogP contribution in [-0.2, 0) is 4.79 Å². The maximum Gasteiger partial charge on any atom is 0.317 e. The third-order valence-corrected chi connectivity index (χ3v) is 7.41. The first-order chi connectivity index (χ1) is 14.9. The molecule has 1 aromatic carbocycles. The van der Waals surface area contributed by atoms with Gasteiger partial charge in [0.15, 0.2) is 0 Å². The van der Waals surface area contributed by atoms with E-state index in [1.165, 1.54) is 12.8 Å². The first kappa shape index (κ1) is 23.6. The summed E-state index contributed by atoms with van der Waals surface area (Å²) in [7, 11) is 1.67. The number of urea groups is 1. The zero-order valence-corrected chi connectivity index (χ0v) is 19.8. The molecule has 31 heavy (non-hydrogen) atoms. The quantitative estimate of drug-likeness (QED) is 0.656. The van der Waals surface area contributed by atoms with Crippen molar-refractivity contribution in [2.75, 3.05) is 18.5 Å². The van der Waals surface area contributed by atoms with Crippen LogP contribution in [0.25, 0.3) is 0 Å². The van der Waals surface area contributed by atoms with Crippen LogP contribution in [-0.4, -0.2) is 42.5 Å². The van der Waals surface area contributed by atoms with Gasteiger partial charge in [-0.2, -0.15) is 0 Å². The molecule has 172 valence electrons. The molecule has 2 saturated carbocycles. The van der Waals surface area contributed by atoms with Crippen molar-refractivity contribution in [1.82, 2.24) is 10.2 Å². The second kappa shape index (κ2) is 11.0. The minimum Gasteiger partial charge on any atom is -0.341 e. The van der Waals surface area contributed by atoms with E-state index in [9.17, 15) is 9.59 Å². The number of para-hydroxylation sites is 1. The minimum absolute atomic E-state index is 0.0439. The summed E-state index contributed by atoms with van der Waals surface area (Å²) in [4.78, 5) is 30.6. The van der Waals surface area contributed by atoms with Crippen LogP contribution in [0.5, 0.6) is 0 Å². The molecule has 0 spiro atoms. The van der Waals surface area contributed by atoms with Gasteiger partial charge in [0.05, 0.1) is 0 Å². The molecule has 3 atom stereocenters. The zero-order chi connectivity index (χ0) is 22.4. The Bertz CT molecular complexity index is 715. The Morgan fingerprint density at radius 3 is 2.32 bits per heavy atom. The van der Waals surface area contributed by atoms with Gasteiger partial charge in [0.1, 0.15) is 6.54 Å². The largest absolute Gasteiger partial charge is 0.341 e. The predicted octanol–water partition coefficient (Wildman–Crippen LogP) is 5.45. The number of hydrogen-bond donors (Lipinski definition) is 1. The van der Waals surface area contributed by atoms with Gasteiger partial charge in [0.25, 0.3) is 0 Å². The number of nitrogens with one attached hydrogen (secondary N) is 1. The summed E-state index contributed by atoms with van der Waals surface area (Å²) in [5.41, 5.74) is 0.952. The van der Waals surface area contributed by atoms with E-state index >= 15 is 0 Å². The minimum atomic E-state index is -0.130. The Hall–Kier alpha value is -2.04. The van der Waals surface area contributed by atoms with Crippen molar-refractivity contribution in [3.63, 3.8) is 0 Å². The van der Waals surface area contributed by atoms with Crippen molar-refractivity contribution in [2.45, 2.75) is 84.2 Å². The summed E-state index contributed by atoms with van der Waals surface area (Å²) in [6, 6.07) is 10.2. The first-order valence-electron chi connectivity index (χ1n) is 12.3. The molecule has 2 fully saturated rings. The van der Waals surface area contributed by atoms with Crippen molar-refractivity contribution in [2.24, 2.45) is 17.8 Å². The van der Waals surface area contributed by atoms with Gasteiger partial charge in [-0.05, 0) is 55.6 Å². The van der Waals surface area contributed by atoms with E-state index in [2.05, 4.69) is 26.1 Å². The van der Waals surface area contributed by atoms with Crippen molar-refractivity contribution < 1.29 is 9.59 Å². The van der Waals surface area contributed by atoms with Crippen LogP contribution in [0.3, 0.4) is 0 Å². The molecule has 1 aromatic rings. The third kappa shape index (κ3) is 5.81. The van der Waals surface area contributed by atoms with Crippen LogP contribution in [0.4, 0.5) is 10.5 Å². The Morgan fingerprint density at radius 2 is 1.71 bits per heavy atom. The Kier molecular flexibility index (Phi) is 8.39. The molecule has 0 aromatic heterocycles. The van der Waals surface area contributed by atoms with Crippen LogP contribution in [0.1, 0.15) is 72.1 Å². The van der Waals surface area contributed by atoms with Crippen molar-refractivity contribution in [3.05, 3.63) is 30.3 Å². The van der Waals surface area contributed by atoms with Gasteiger partial charge >= 0.3 is 6.03 Å². The molecule has 0 radical (unpaired) electrons. The van der Waals surface area contributed by atoms with E-state index in [0.29, 0.717) is 17.8 Å². The third-order valence-electron chi connectivity index (χ3n) is 7.41. The highest BCUT2D eigenvalue weighted by atomic mass is 16.2. The average Bonchev–Trinajstić information content (AvgIpc) is 2.78. The molecule has 1 unspecified atom stereocenters. The summed E-state index contributed by atoms with van der Waals surface area (Å²) in [6.45, 7) is 6.91. The number of nitrogens with zero attached hydrogens (tertiary/aromatic N) is 2. The van der Waals surface area contributed by atoms with E-state index in [4.69, 9.17) is 0 Å². The fraction of sp³-hybridized carbons (Fsp3) is 0.692. The number of hydrogen-bond acceptors (Lipinski definition) is 2. The topological polar surface area (TPSA) is 52.7 Å². The summed E-state index contributed by atoms with van der Waals surface area (Å²) in [6.07, 6.45) is 8.94. The molecule has 1 N–H and O–H groups in total. The van der Waals surface area contributed by atoms with Crippen molar-refractivity contribution in [3.8, 4) is 0 Å². The molecular weight excluding hydrogens is 386 g/mol. The normalized spacial score (nSPS) is 24.6. The highest BCUT2D eigenvalue weighted by Gasteiger charge is 2.38. The van der Waals surface area contributed by atoms with Gasteiger partial charge in [0.2, 0.25) is 5.91 Å². The Morgan fingerprint density at radius 1 is 1.03 bits per heavy atom. The molecule has 3 amide bonds. The fourth-order valence-electron chi connectivity index (χ4n) is 5.70. The van der Waals surface area contributed by atoms with E-state index in [-0.39, 0.29) is 30.6 Å². The Labute approximate surface area is 188 Å². The number of amides is 3. The first-order valence-corrected chi connectivity index (χ1v) is 12.3. The second-order valence-electron chi connectivity index (χ2n) is 9.97. The lowest BCUT2D eigenvalue weighted by Gasteiger charge is -2.44. The molecular formula is C26H41N3O2. The van der Waals surface area contributed by atoms with Gasteiger partial charge in [-0.15, -0.1) is 0 Å². The fourth-order valence-corrected chi connectivity index (χ4v) is 5.70. The van der Waals surface area contributed by atoms with E-state index in [1.54, 1.807) is 7.05 Å². The van der Waals surface area contributed by atoms with Crippen LogP contribution in [0.2, 0.25) is 0 Å². The lowest BCUT2D eigenvalue weighted by Crippen LogP contribution is -2.56. The van der Waals surface area contributed by atoms with Gasteiger partial charge in [-0.3, -0.25) is 4.79 Å². The number of carbonyl (C=O) groups excluding carboxylic acids is 2. The molecule has 0 heterocycles. The van der Waals surface area contributed by atoms with Crippen molar-refractivity contribution in [1.29, 1.82) is 0 Å². The lowest BCUT2D eigenvalue weighted by atomic mass is 9.73. The number of anilines is 1. The average molecular weight is 428 g/mol. The summed E-state index contributed by atoms with van der Waals surface area (Å²) in [5, 5.41) is 2.82. The molecule has 0 saturated heterocycles. The van der Waals surface area contributed by atoms with Gasteiger partial charge in [-0.25, -0.2) is 4.79 Å². The standard InChI is InChI=1S/C26H41N3O2/c1-19(2)23-16-15-20(3)17-24(23)28(26(31)27-4)18-25(30)29(21-11-7-5-8-12-21)22-13-9-6-10-14-22/h5,7-8,11-12,19-20,22-24H,6,9-10,13-18H2,1-4H3,(H,27,31)/t20-,23+,24?/m0/s1. The highest BCUT2D eigenvalue weighted by molar-refractivity contribution is 5.97. The maximum atomic E-state index is 13.8. The van der Waals surface area contributed by atoms with E-state index in [0.717, 1.165) is 44.2 Å². The number of benzene rings is 1. The SMILES string of the molecule is CNC(=O)N(CC(=O)N(c1ccccc1)C1CCCCC1)C1C[C@@H](C)CC[C@@H]1C(C)C. The van der Waals surface area contributed by atoms with Crippen LogP contribution < -0.4 is 10.2 Å². The van der Waals surface area contributed by atoms with Crippen molar-refractivity contribution >= 4 is 17.6 Å². The molecule has 2 aliphatic rings. The van der Waals surface area contributed by atoms with E-state index < -0.39 is 0 Å². The maximum absolute atomic E-state index is 13.8.